The lowest BCUT2D eigenvalue weighted by Gasteiger charge is -2.32. The van der Waals surface area contributed by atoms with Crippen molar-refractivity contribution in [1.29, 1.82) is 0 Å². The van der Waals surface area contributed by atoms with Crippen molar-refractivity contribution in [2.75, 3.05) is 6.61 Å². The van der Waals surface area contributed by atoms with E-state index in [4.69, 9.17) is 0 Å². The fourth-order valence-electron chi connectivity index (χ4n) is 0.505. The molecule has 0 saturated heterocycles. The van der Waals surface area contributed by atoms with Gasteiger partial charge in [-0.15, -0.1) is 0 Å². The average molecular weight is 422 g/mol. The van der Waals surface area contributed by atoms with Crippen LogP contribution in [0.1, 0.15) is 0 Å². The Hall–Kier alpha value is 0.290. The summed E-state index contributed by atoms with van der Waals surface area (Å²) in [5.74, 6) is -4.93. The van der Waals surface area contributed by atoms with Gasteiger partial charge in [0.1, 0.15) is 6.61 Å². The maximum Gasteiger partial charge on any atom is 0.439 e. The first-order valence-electron chi connectivity index (χ1n) is 3.77. The van der Waals surface area contributed by atoms with Crippen LogP contribution in [0.5, 0.6) is 0 Å². The molecule has 0 heterocycles. The highest BCUT2D eigenvalue weighted by molar-refractivity contribution is 9.12. The van der Waals surface area contributed by atoms with Crippen molar-refractivity contribution in [3.63, 3.8) is 0 Å². The maximum atomic E-state index is 13.1. The molecule has 0 aliphatic rings. The predicted octanol–water partition coefficient (Wildman–Crippen LogP) is 4.54. The second-order valence-electron chi connectivity index (χ2n) is 2.94. The molecule has 0 aliphatic carbocycles. The van der Waals surface area contributed by atoms with Gasteiger partial charge in [-0.1, -0.05) is 0 Å². The van der Waals surface area contributed by atoms with Crippen LogP contribution in [0, 0.1) is 0 Å². The van der Waals surface area contributed by atoms with Crippen LogP contribution >= 0.6 is 31.9 Å². The van der Waals surface area contributed by atoms with Crippen molar-refractivity contribution in [3.05, 3.63) is 0 Å². The molecule has 0 spiro atoms. The van der Waals surface area contributed by atoms with Crippen LogP contribution in [0.15, 0.2) is 0 Å². The molecule has 0 aromatic rings. The van der Waals surface area contributed by atoms with Crippen molar-refractivity contribution in [2.24, 2.45) is 0 Å². The lowest BCUT2D eigenvalue weighted by Crippen LogP contribution is -2.52. The molecule has 0 bridgehead atoms. The summed E-state index contributed by atoms with van der Waals surface area (Å²) in [5.41, 5.74) is 0. The second-order valence-corrected chi connectivity index (χ2v) is 5.05. The largest absolute Gasteiger partial charge is 0.439 e. The predicted molar refractivity (Wildman–Crippen MR) is 48.5 cm³/mol. The topological polar surface area (TPSA) is 9.23 Å². The van der Waals surface area contributed by atoms with Crippen molar-refractivity contribution in [2.45, 2.75) is 27.9 Å². The minimum Gasteiger partial charge on any atom is -0.327 e. The minimum atomic E-state index is -5.88. The standard InChI is InChI=1S/C6H3Br2F9O/c7-4(13,6(15,16)17)5(8,14)18-1-3(11,12)2(9)10/h2H,1H2/t4-,5-/m1/s1. The first kappa shape index (κ1) is 18.3. The summed E-state index contributed by atoms with van der Waals surface area (Å²) in [5, 5.41) is 0. The fourth-order valence-corrected chi connectivity index (χ4v) is 0.959. The summed E-state index contributed by atoms with van der Waals surface area (Å²) in [6.45, 7) is -2.46. The molecular formula is C6H3Br2F9O. The zero-order valence-electron chi connectivity index (χ0n) is 7.85. The van der Waals surface area contributed by atoms with Crippen molar-refractivity contribution in [3.8, 4) is 0 Å². The SMILES string of the molecule is FC(F)C(F)(F)CO[C@@](F)(Br)[C@](F)(Br)C(F)(F)F. The normalized spacial score (nSPS) is 20.7. The van der Waals surface area contributed by atoms with Gasteiger partial charge in [0.2, 0.25) is 0 Å². The van der Waals surface area contributed by atoms with Crippen LogP contribution in [0.3, 0.4) is 0 Å². The third kappa shape index (κ3) is 3.89. The lowest BCUT2D eigenvalue weighted by atomic mass is 10.3. The molecule has 0 fully saturated rings. The van der Waals surface area contributed by atoms with E-state index >= 15 is 0 Å². The first-order chi connectivity index (χ1) is 7.65. The van der Waals surface area contributed by atoms with Crippen LogP contribution < -0.4 is 0 Å². The van der Waals surface area contributed by atoms with E-state index in [2.05, 4.69) is 4.74 Å². The van der Waals surface area contributed by atoms with E-state index in [1.807, 2.05) is 0 Å². The lowest BCUT2D eigenvalue weighted by molar-refractivity contribution is -0.277. The van der Waals surface area contributed by atoms with E-state index in [-0.39, 0.29) is 0 Å². The summed E-state index contributed by atoms with van der Waals surface area (Å²) in [6, 6.07) is 0. The molecule has 1 nitrogen and oxygen atoms in total. The highest BCUT2D eigenvalue weighted by Gasteiger charge is 2.69. The van der Waals surface area contributed by atoms with Gasteiger partial charge in [0, 0.05) is 0 Å². The molecule has 12 heteroatoms. The van der Waals surface area contributed by atoms with E-state index in [9.17, 15) is 39.5 Å². The van der Waals surface area contributed by atoms with E-state index in [0.29, 0.717) is 0 Å². The van der Waals surface area contributed by atoms with E-state index < -0.39 is 34.5 Å². The van der Waals surface area contributed by atoms with Crippen LogP contribution in [0.2, 0.25) is 0 Å². The van der Waals surface area contributed by atoms with Gasteiger partial charge < -0.3 is 4.74 Å². The highest BCUT2D eigenvalue weighted by Crippen LogP contribution is 2.52. The Balaban J connectivity index is 4.88. The third-order valence-electron chi connectivity index (χ3n) is 1.49. The summed E-state index contributed by atoms with van der Waals surface area (Å²) in [7, 11) is 0. The van der Waals surface area contributed by atoms with Gasteiger partial charge in [0.15, 0.2) is 0 Å². The van der Waals surface area contributed by atoms with Gasteiger partial charge >= 0.3 is 27.9 Å². The Kier molecular flexibility index (Phi) is 5.43. The highest BCUT2D eigenvalue weighted by atomic mass is 79.9. The average Bonchev–Trinajstić information content (AvgIpc) is 2.12. The van der Waals surface area contributed by atoms with Gasteiger partial charge in [-0.2, -0.15) is 26.3 Å². The zero-order valence-corrected chi connectivity index (χ0v) is 11.0. The van der Waals surface area contributed by atoms with Crippen LogP contribution in [0.25, 0.3) is 0 Å². The number of ether oxygens (including phenoxy) is 1. The molecular weight excluding hydrogens is 419 g/mol. The molecule has 0 unspecified atom stereocenters. The number of rotatable bonds is 5. The summed E-state index contributed by atoms with van der Waals surface area (Å²) in [4.78, 5) is 0. The molecule has 0 amide bonds. The fraction of sp³-hybridized carbons (Fsp3) is 1.00. The molecule has 0 aromatic carbocycles. The van der Waals surface area contributed by atoms with E-state index in [0.717, 1.165) is 0 Å². The van der Waals surface area contributed by atoms with Gasteiger partial charge in [-0.25, -0.2) is 13.2 Å². The van der Waals surface area contributed by atoms with Crippen LogP contribution in [-0.2, 0) is 4.74 Å². The molecule has 0 aromatic heterocycles. The monoisotopic (exact) mass is 420 g/mol. The van der Waals surface area contributed by atoms with Crippen molar-refractivity contribution >= 4 is 31.9 Å². The number of hydrogen-bond donors (Lipinski definition) is 0. The molecule has 0 radical (unpaired) electrons. The zero-order chi connectivity index (χ0) is 15.0. The Morgan fingerprint density at radius 1 is 0.889 bits per heavy atom. The van der Waals surface area contributed by atoms with Crippen LogP contribution in [0.4, 0.5) is 39.5 Å². The minimum absolute atomic E-state index is 1.26. The van der Waals surface area contributed by atoms with Gasteiger partial charge in [-0.05, 0) is 31.9 Å². The van der Waals surface area contributed by atoms with Crippen molar-refractivity contribution in [1.82, 2.24) is 0 Å². The Labute approximate surface area is 111 Å². The summed E-state index contributed by atoms with van der Waals surface area (Å²) >= 11 is 2.69. The summed E-state index contributed by atoms with van der Waals surface area (Å²) in [6.07, 6.45) is -10.2. The van der Waals surface area contributed by atoms with Crippen molar-refractivity contribution < 1.29 is 44.3 Å². The van der Waals surface area contributed by atoms with Gasteiger partial charge in [-0.3, -0.25) is 0 Å². The molecule has 0 saturated carbocycles. The number of halogens is 11. The molecule has 2 atom stereocenters. The molecule has 0 aliphatic heterocycles. The molecule has 0 N–H and O–H groups in total. The Morgan fingerprint density at radius 3 is 1.56 bits per heavy atom. The smallest absolute Gasteiger partial charge is 0.327 e. The van der Waals surface area contributed by atoms with Gasteiger partial charge in [0.05, 0.1) is 0 Å². The molecule has 110 valence electrons. The molecule has 18 heavy (non-hydrogen) atoms. The van der Waals surface area contributed by atoms with Crippen LogP contribution in [-0.4, -0.2) is 34.5 Å². The molecule has 0 rings (SSSR count). The Morgan fingerprint density at radius 2 is 1.28 bits per heavy atom. The van der Waals surface area contributed by atoms with E-state index in [1.54, 1.807) is 0 Å². The number of alkyl halides is 11. The second kappa shape index (κ2) is 5.35. The quantitative estimate of drug-likeness (QED) is 0.467. The van der Waals surface area contributed by atoms with E-state index in [1.165, 1.54) is 31.9 Å². The Bertz CT molecular complexity index is 287. The summed E-state index contributed by atoms with van der Waals surface area (Å²) < 4.78 is 104. The first-order valence-corrected chi connectivity index (χ1v) is 5.36. The number of hydrogen-bond acceptors (Lipinski definition) is 1. The maximum absolute atomic E-state index is 13.1. The third-order valence-corrected chi connectivity index (χ3v) is 3.75. The van der Waals surface area contributed by atoms with Gasteiger partial charge in [0.25, 0.3) is 0 Å².